The standard InChI is InChI=1S/C14H19N3O4S/c1-16(2)14(19)11-4-3-5-12(7-11)17-8-10(6-13(17)18)9-22(15,20)21/h3-5,7,10H,6,8-9H2,1-2H3,(H2,15,20,21). The molecule has 0 aliphatic carbocycles. The van der Waals surface area contributed by atoms with Gasteiger partial charge in [-0.2, -0.15) is 0 Å². The lowest BCUT2D eigenvalue weighted by atomic mass is 10.1. The molecule has 0 aromatic heterocycles. The third-order valence-electron chi connectivity index (χ3n) is 3.48. The predicted octanol–water partition coefficient (Wildman–Crippen LogP) is 0.0298. The van der Waals surface area contributed by atoms with Crippen LogP contribution in [0.5, 0.6) is 0 Å². The van der Waals surface area contributed by atoms with Gasteiger partial charge in [-0.05, 0) is 18.2 Å². The zero-order chi connectivity index (χ0) is 16.5. The molecule has 7 nitrogen and oxygen atoms in total. The third-order valence-corrected chi connectivity index (χ3v) is 4.42. The fourth-order valence-electron chi connectivity index (χ4n) is 2.54. The van der Waals surface area contributed by atoms with Crippen molar-refractivity contribution in [1.29, 1.82) is 0 Å². The van der Waals surface area contributed by atoms with Crippen LogP contribution < -0.4 is 10.0 Å². The number of primary sulfonamides is 1. The highest BCUT2D eigenvalue weighted by Gasteiger charge is 2.33. The molecule has 1 heterocycles. The minimum atomic E-state index is -3.61. The highest BCUT2D eigenvalue weighted by molar-refractivity contribution is 7.89. The quantitative estimate of drug-likeness (QED) is 0.844. The summed E-state index contributed by atoms with van der Waals surface area (Å²) >= 11 is 0. The smallest absolute Gasteiger partial charge is 0.253 e. The first-order chi connectivity index (χ1) is 10.2. The van der Waals surface area contributed by atoms with E-state index in [2.05, 4.69) is 0 Å². The number of hydrogen-bond acceptors (Lipinski definition) is 4. The molecule has 2 N–H and O–H groups in total. The molecule has 1 aromatic rings. The normalized spacial score (nSPS) is 18.6. The molecule has 1 aliphatic rings. The van der Waals surface area contributed by atoms with Gasteiger partial charge in [0.25, 0.3) is 5.91 Å². The number of rotatable bonds is 4. The van der Waals surface area contributed by atoms with E-state index in [1.165, 1.54) is 9.80 Å². The Hall–Kier alpha value is -1.93. The molecule has 1 fully saturated rings. The van der Waals surface area contributed by atoms with Crippen LogP contribution in [0.15, 0.2) is 24.3 Å². The topological polar surface area (TPSA) is 101 Å². The fourth-order valence-corrected chi connectivity index (χ4v) is 3.42. The van der Waals surface area contributed by atoms with Crippen LogP contribution in [-0.4, -0.2) is 51.5 Å². The summed E-state index contributed by atoms with van der Waals surface area (Å²) in [4.78, 5) is 27.0. The summed E-state index contributed by atoms with van der Waals surface area (Å²) in [6, 6.07) is 6.74. The average Bonchev–Trinajstić information content (AvgIpc) is 2.76. The van der Waals surface area contributed by atoms with Crippen LogP contribution in [0.1, 0.15) is 16.8 Å². The zero-order valence-electron chi connectivity index (χ0n) is 12.5. The van der Waals surface area contributed by atoms with Gasteiger partial charge in [0.15, 0.2) is 0 Å². The van der Waals surface area contributed by atoms with Crippen LogP contribution in [0.3, 0.4) is 0 Å². The van der Waals surface area contributed by atoms with Gasteiger partial charge in [0.2, 0.25) is 15.9 Å². The second-order valence-corrected chi connectivity index (χ2v) is 7.31. The van der Waals surface area contributed by atoms with Crippen molar-refractivity contribution in [2.24, 2.45) is 11.1 Å². The average molecular weight is 325 g/mol. The number of carbonyl (C=O) groups is 2. The lowest BCUT2D eigenvalue weighted by Crippen LogP contribution is -2.28. The monoisotopic (exact) mass is 325 g/mol. The van der Waals surface area contributed by atoms with Crippen molar-refractivity contribution in [2.45, 2.75) is 6.42 Å². The van der Waals surface area contributed by atoms with Crippen molar-refractivity contribution in [2.75, 3.05) is 31.3 Å². The molecule has 1 saturated heterocycles. The SMILES string of the molecule is CN(C)C(=O)c1cccc(N2CC(CS(N)(=O)=O)CC2=O)c1. The van der Waals surface area contributed by atoms with E-state index in [1.807, 2.05) is 0 Å². The summed E-state index contributed by atoms with van der Waals surface area (Å²) in [5.74, 6) is -0.862. The number of anilines is 1. The van der Waals surface area contributed by atoms with Crippen LogP contribution in [0.2, 0.25) is 0 Å². The van der Waals surface area contributed by atoms with E-state index < -0.39 is 10.0 Å². The molecule has 0 bridgehead atoms. The van der Waals surface area contributed by atoms with Crippen molar-refractivity contribution >= 4 is 27.5 Å². The number of benzene rings is 1. The molecule has 0 saturated carbocycles. The number of carbonyl (C=O) groups excluding carboxylic acids is 2. The Kier molecular flexibility index (Phi) is 4.52. The van der Waals surface area contributed by atoms with Gasteiger partial charge in [-0.1, -0.05) is 6.07 Å². The van der Waals surface area contributed by atoms with E-state index >= 15 is 0 Å². The van der Waals surface area contributed by atoms with Gasteiger partial charge in [0.1, 0.15) is 0 Å². The summed E-state index contributed by atoms with van der Waals surface area (Å²) < 4.78 is 22.3. The molecule has 0 radical (unpaired) electrons. The van der Waals surface area contributed by atoms with Crippen molar-refractivity contribution in [3.05, 3.63) is 29.8 Å². The Morgan fingerprint density at radius 2 is 2.09 bits per heavy atom. The summed E-state index contributed by atoms with van der Waals surface area (Å²) in [5.41, 5.74) is 1.07. The molecule has 1 aliphatic heterocycles. The summed E-state index contributed by atoms with van der Waals surface area (Å²) in [7, 11) is -0.307. The molecule has 8 heteroatoms. The maximum absolute atomic E-state index is 12.1. The van der Waals surface area contributed by atoms with E-state index in [0.29, 0.717) is 11.3 Å². The largest absolute Gasteiger partial charge is 0.345 e. The van der Waals surface area contributed by atoms with Gasteiger partial charge in [-0.25, -0.2) is 13.6 Å². The first-order valence-electron chi connectivity index (χ1n) is 6.80. The predicted molar refractivity (Wildman–Crippen MR) is 82.9 cm³/mol. The molecule has 1 aromatic carbocycles. The fraction of sp³-hybridized carbons (Fsp3) is 0.429. The van der Waals surface area contributed by atoms with Crippen LogP contribution in [0, 0.1) is 5.92 Å². The number of nitrogens with two attached hydrogens (primary N) is 1. The van der Waals surface area contributed by atoms with E-state index in [-0.39, 0.29) is 36.5 Å². The van der Waals surface area contributed by atoms with Crippen molar-refractivity contribution in [3.63, 3.8) is 0 Å². The minimum absolute atomic E-state index is 0.141. The number of hydrogen-bond donors (Lipinski definition) is 1. The van der Waals surface area contributed by atoms with E-state index in [9.17, 15) is 18.0 Å². The second-order valence-electron chi connectivity index (χ2n) is 5.65. The molecular formula is C14H19N3O4S. The second kappa shape index (κ2) is 6.05. The molecule has 1 unspecified atom stereocenters. The lowest BCUT2D eigenvalue weighted by Gasteiger charge is -2.18. The zero-order valence-corrected chi connectivity index (χ0v) is 13.3. The Morgan fingerprint density at radius 3 is 2.68 bits per heavy atom. The Morgan fingerprint density at radius 1 is 1.41 bits per heavy atom. The van der Waals surface area contributed by atoms with Crippen LogP contribution in [0.4, 0.5) is 5.69 Å². The Labute approximate surface area is 129 Å². The van der Waals surface area contributed by atoms with Crippen LogP contribution in [-0.2, 0) is 14.8 Å². The molecule has 2 amide bonds. The van der Waals surface area contributed by atoms with Crippen molar-refractivity contribution < 1.29 is 18.0 Å². The molecule has 1 atom stereocenters. The van der Waals surface area contributed by atoms with E-state index in [0.717, 1.165) is 0 Å². The van der Waals surface area contributed by atoms with E-state index in [4.69, 9.17) is 5.14 Å². The molecule has 0 spiro atoms. The summed E-state index contributed by atoms with van der Waals surface area (Å²) in [6.07, 6.45) is 0.141. The highest BCUT2D eigenvalue weighted by Crippen LogP contribution is 2.26. The lowest BCUT2D eigenvalue weighted by molar-refractivity contribution is -0.117. The minimum Gasteiger partial charge on any atom is -0.345 e. The first-order valence-corrected chi connectivity index (χ1v) is 8.51. The summed E-state index contributed by atoms with van der Waals surface area (Å²) in [6.45, 7) is 0.287. The Balaban J connectivity index is 2.20. The van der Waals surface area contributed by atoms with E-state index in [1.54, 1.807) is 38.4 Å². The van der Waals surface area contributed by atoms with Gasteiger partial charge < -0.3 is 9.80 Å². The molecular weight excluding hydrogens is 306 g/mol. The van der Waals surface area contributed by atoms with Gasteiger partial charge in [0.05, 0.1) is 5.75 Å². The molecule has 2 rings (SSSR count). The van der Waals surface area contributed by atoms with Gasteiger partial charge >= 0.3 is 0 Å². The maximum Gasteiger partial charge on any atom is 0.253 e. The number of amides is 2. The first kappa shape index (κ1) is 16.4. The third kappa shape index (κ3) is 3.83. The van der Waals surface area contributed by atoms with Gasteiger partial charge in [-0.3, -0.25) is 9.59 Å². The van der Waals surface area contributed by atoms with Crippen molar-refractivity contribution in [1.82, 2.24) is 4.90 Å². The molecule has 22 heavy (non-hydrogen) atoms. The summed E-state index contributed by atoms with van der Waals surface area (Å²) in [5, 5.41) is 5.03. The highest BCUT2D eigenvalue weighted by atomic mass is 32.2. The van der Waals surface area contributed by atoms with Gasteiger partial charge in [-0.15, -0.1) is 0 Å². The number of nitrogens with zero attached hydrogens (tertiary/aromatic N) is 2. The maximum atomic E-state index is 12.1. The number of sulfonamides is 1. The Bertz CT molecular complexity index is 700. The molecule has 120 valence electrons. The van der Waals surface area contributed by atoms with Gasteiger partial charge in [0, 0.05) is 44.2 Å². The van der Waals surface area contributed by atoms with Crippen molar-refractivity contribution in [3.8, 4) is 0 Å². The van der Waals surface area contributed by atoms with Crippen LogP contribution >= 0.6 is 0 Å². The van der Waals surface area contributed by atoms with Crippen LogP contribution in [0.25, 0.3) is 0 Å².